The number of rotatable bonds is 6. The van der Waals surface area contributed by atoms with E-state index in [4.69, 9.17) is 0 Å². The van der Waals surface area contributed by atoms with Gasteiger partial charge >= 0.3 is 0 Å². The molecule has 2 aromatic rings. The number of aliphatic hydroxyl groups is 1. The highest BCUT2D eigenvalue weighted by atomic mass is 32.1. The van der Waals surface area contributed by atoms with Gasteiger partial charge in [-0.1, -0.05) is 45.0 Å². The molecular weight excluding hydrogens is 424 g/mol. The molecule has 0 spiro atoms. The largest absolute Gasteiger partial charge is 0.391 e. The quantitative estimate of drug-likeness (QED) is 0.619. The molecule has 1 saturated heterocycles. The van der Waals surface area contributed by atoms with Crippen molar-refractivity contribution in [3.63, 3.8) is 0 Å². The summed E-state index contributed by atoms with van der Waals surface area (Å²) in [7, 11) is 1.74. The normalized spacial score (nSPS) is 20.8. The number of carbonyl (C=O) groups excluding carboxylic acids is 2. The molecule has 7 nitrogen and oxygen atoms in total. The molecule has 0 bridgehead atoms. The smallest absolute Gasteiger partial charge is 0.243 e. The van der Waals surface area contributed by atoms with Crippen LogP contribution < -0.4 is 10.6 Å². The minimum absolute atomic E-state index is 0.159. The molecule has 0 radical (unpaired) electrons. The van der Waals surface area contributed by atoms with E-state index in [0.29, 0.717) is 0 Å². The van der Waals surface area contributed by atoms with E-state index in [1.54, 1.807) is 18.4 Å². The lowest BCUT2D eigenvalue weighted by atomic mass is 9.86. The lowest BCUT2D eigenvalue weighted by Crippen LogP contribution is -2.56. The minimum atomic E-state index is -0.704. The van der Waals surface area contributed by atoms with E-state index < -0.39 is 18.2 Å². The summed E-state index contributed by atoms with van der Waals surface area (Å²) in [5.74, 6) is -0.401. The van der Waals surface area contributed by atoms with Crippen LogP contribution in [0.15, 0.2) is 29.8 Å². The Morgan fingerprint density at radius 1 is 1.25 bits per heavy atom. The molecule has 1 aromatic carbocycles. The number of benzene rings is 1. The molecule has 3 rings (SSSR count). The molecule has 1 aliphatic heterocycles. The Balaban J connectivity index is 1.70. The van der Waals surface area contributed by atoms with Crippen molar-refractivity contribution in [3.05, 3.63) is 41.0 Å². The molecule has 2 heterocycles. The number of thiazole rings is 1. The Labute approximate surface area is 194 Å². The van der Waals surface area contributed by atoms with Crippen molar-refractivity contribution in [1.29, 1.82) is 0 Å². The van der Waals surface area contributed by atoms with Crippen molar-refractivity contribution in [2.75, 3.05) is 13.6 Å². The number of nitrogens with one attached hydrogen (secondary N) is 2. The van der Waals surface area contributed by atoms with E-state index in [1.165, 1.54) is 4.90 Å². The van der Waals surface area contributed by atoms with Crippen molar-refractivity contribution < 1.29 is 14.7 Å². The Hall–Kier alpha value is -2.29. The zero-order chi connectivity index (χ0) is 23.6. The average molecular weight is 459 g/mol. The number of hydrogen-bond donors (Lipinski definition) is 3. The van der Waals surface area contributed by atoms with Gasteiger partial charge in [-0.2, -0.15) is 0 Å². The number of likely N-dealkylation sites (N-methyl/N-ethyl adjacent to an activating group) is 1. The zero-order valence-electron chi connectivity index (χ0n) is 19.7. The standard InChI is InChI=1S/C24H34N4O3S/c1-14(16-7-9-17(10-8-16)20-15(2)26-13-32-20)27-22(30)19-11-18(29)12-28(19)23(31)21(25-6)24(3,4)5/h7-10,13-14,18-19,21,25,29H,11-12H2,1-6H3,(H,27,30)/t14-,18-,19+,21+/m0/s1. The van der Waals surface area contributed by atoms with Gasteiger partial charge < -0.3 is 20.6 Å². The fourth-order valence-electron chi connectivity index (χ4n) is 4.29. The predicted octanol–water partition coefficient (Wildman–Crippen LogP) is 2.89. The molecule has 1 aromatic heterocycles. The number of nitrogens with zero attached hydrogens (tertiary/aromatic N) is 2. The van der Waals surface area contributed by atoms with Gasteiger partial charge in [0.15, 0.2) is 0 Å². The molecule has 3 N–H and O–H groups in total. The van der Waals surface area contributed by atoms with Gasteiger partial charge in [0.1, 0.15) is 6.04 Å². The van der Waals surface area contributed by atoms with Gasteiger partial charge in [-0.15, -0.1) is 11.3 Å². The summed E-state index contributed by atoms with van der Waals surface area (Å²) in [6, 6.07) is 6.73. The molecule has 8 heteroatoms. The fourth-order valence-corrected chi connectivity index (χ4v) is 5.11. The van der Waals surface area contributed by atoms with Crippen LogP contribution in [0, 0.1) is 12.3 Å². The van der Waals surface area contributed by atoms with Crippen LogP contribution in [-0.2, 0) is 9.59 Å². The maximum atomic E-state index is 13.2. The molecular formula is C24H34N4O3S. The second-order valence-electron chi connectivity index (χ2n) is 9.60. The van der Waals surface area contributed by atoms with Crippen LogP contribution in [0.2, 0.25) is 0 Å². The van der Waals surface area contributed by atoms with Gasteiger partial charge in [-0.3, -0.25) is 9.59 Å². The Bertz CT molecular complexity index is 951. The van der Waals surface area contributed by atoms with Crippen LogP contribution in [0.1, 0.15) is 51.4 Å². The van der Waals surface area contributed by atoms with Gasteiger partial charge in [0.05, 0.1) is 34.3 Å². The van der Waals surface area contributed by atoms with Crippen LogP contribution in [0.4, 0.5) is 0 Å². The molecule has 0 saturated carbocycles. The highest BCUT2D eigenvalue weighted by molar-refractivity contribution is 7.13. The number of aromatic nitrogens is 1. The van der Waals surface area contributed by atoms with Gasteiger partial charge in [0, 0.05) is 13.0 Å². The first kappa shape index (κ1) is 24.4. The topological polar surface area (TPSA) is 94.6 Å². The lowest BCUT2D eigenvalue weighted by molar-refractivity contribution is -0.142. The van der Waals surface area contributed by atoms with E-state index in [0.717, 1.165) is 21.7 Å². The number of aryl methyl sites for hydroxylation is 1. The average Bonchev–Trinajstić information content (AvgIpc) is 3.33. The number of carbonyl (C=O) groups is 2. The van der Waals surface area contributed by atoms with Crippen molar-refractivity contribution in [3.8, 4) is 10.4 Å². The summed E-state index contributed by atoms with van der Waals surface area (Å²) in [5, 5.41) is 16.3. The predicted molar refractivity (Wildman–Crippen MR) is 127 cm³/mol. The van der Waals surface area contributed by atoms with Gasteiger partial charge in [-0.05, 0) is 37.4 Å². The van der Waals surface area contributed by atoms with Crippen LogP contribution in [0.5, 0.6) is 0 Å². The molecule has 4 atom stereocenters. The summed E-state index contributed by atoms with van der Waals surface area (Å²) in [5.41, 5.74) is 4.60. The highest BCUT2D eigenvalue weighted by Gasteiger charge is 2.43. The van der Waals surface area contributed by atoms with Crippen molar-refractivity contribution in [1.82, 2.24) is 20.5 Å². The molecule has 174 valence electrons. The van der Waals surface area contributed by atoms with Gasteiger partial charge in [0.25, 0.3) is 0 Å². The number of likely N-dealkylation sites (tertiary alicyclic amines) is 1. The monoisotopic (exact) mass is 458 g/mol. The molecule has 32 heavy (non-hydrogen) atoms. The SMILES string of the molecule is CN[C@H](C(=O)N1C[C@@H](O)C[C@@H]1C(=O)N[C@@H](C)c1ccc(-c2scnc2C)cc1)C(C)(C)C. The fraction of sp³-hybridized carbons (Fsp3) is 0.542. The summed E-state index contributed by atoms with van der Waals surface area (Å²) in [6.45, 7) is 10.0. The first-order chi connectivity index (χ1) is 15.0. The third-order valence-corrected chi connectivity index (χ3v) is 7.02. The third kappa shape index (κ3) is 5.19. The molecule has 0 unspecified atom stereocenters. The maximum Gasteiger partial charge on any atom is 0.243 e. The summed E-state index contributed by atoms with van der Waals surface area (Å²) in [4.78, 5) is 33.3. The second kappa shape index (κ2) is 9.68. The first-order valence-corrected chi connectivity index (χ1v) is 11.9. The molecule has 2 amide bonds. The molecule has 1 fully saturated rings. The summed E-state index contributed by atoms with van der Waals surface area (Å²) < 4.78 is 0. The molecule has 0 aliphatic carbocycles. The van der Waals surface area contributed by atoms with E-state index >= 15 is 0 Å². The number of amides is 2. The second-order valence-corrected chi connectivity index (χ2v) is 10.5. The number of aliphatic hydroxyl groups excluding tert-OH is 1. The van der Waals surface area contributed by atoms with Gasteiger partial charge in [-0.25, -0.2) is 4.98 Å². The Kier molecular flexibility index (Phi) is 7.37. The van der Waals surface area contributed by atoms with Gasteiger partial charge in [0.2, 0.25) is 11.8 Å². The Morgan fingerprint density at radius 2 is 1.91 bits per heavy atom. The van der Waals surface area contributed by atoms with Crippen molar-refractivity contribution in [2.45, 2.75) is 65.3 Å². The van der Waals surface area contributed by atoms with E-state index in [9.17, 15) is 14.7 Å². The molecule has 1 aliphatic rings. The van der Waals surface area contributed by atoms with Crippen LogP contribution in [0.25, 0.3) is 10.4 Å². The first-order valence-electron chi connectivity index (χ1n) is 11.0. The minimum Gasteiger partial charge on any atom is -0.391 e. The number of β-amino-alcohol motifs (C(OH)–C–C–N with tert-alkyl or cyclic N) is 1. The summed E-state index contributed by atoms with van der Waals surface area (Å²) >= 11 is 1.61. The van der Waals surface area contributed by atoms with Crippen LogP contribution >= 0.6 is 11.3 Å². The lowest BCUT2D eigenvalue weighted by Gasteiger charge is -2.34. The van der Waals surface area contributed by atoms with Crippen molar-refractivity contribution in [2.24, 2.45) is 5.41 Å². The van der Waals surface area contributed by atoms with E-state index in [1.807, 2.05) is 64.4 Å². The number of hydrogen-bond acceptors (Lipinski definition) is 6. The van der Waals surface area contributed by atoms with Crippen molar-refractivity contribution >= 4 is 23.2 Å². The van der Waals surface area contributed by atoms with E-state index in [-0.39, 0.29) is 36.2 Å². The van der Waals surface area contributed by atoms with E-state index in [2.05, 4.69) is 15.6 Å². The third-order valence-electron chi connectivity index (χ3n) is 6.04. The maximum absolute atomic E-state index is 13.2. The zero-order valence-corrected chi connectivity index (χ0v) is 20.5. The van der Waals surface area contributed by atoms with Crippen LogP contribution in [0.3, 0.4) is 0 Å². The summed E-state index contributed by atoms with van der Waals surface area (Å²) in [6.07, 6.45) is -0.460. The Morgan fingerprint density at radius 3 is 2.44 bits per heavy atom. The highest BCUT2D eigenvalue weighted by Crippen LogP contribution is 2.29. The van der Waals surface area contributed by atoms with Crippen LogP contribution in [-0.4, -0.2) is 58.6 Å².